The molecule has 27 valence electrons. The van der Waals surface area contributed by atoms with Crippen molar-refractivity contribution in [2.45, 2.75) is 6.92 Å². The molecule has 0 saturated heterocycles. The molecule has 0 aliphatic rings. The second-order valence-corrected chi connectivity index (χ2v) is 0.316. The van der Waals surface area contributed by atoms with E-state index >= 15 is 0 Å². The molecule has 0 heterocycles. The molecule has 0 aromatic rings. The lowest BCUT2D eigenvalue weighted by Gasteiger charge is -1.52. The number of aliphatic hydroxyl groups excluding tert-OH is 1. The zero-order chi connectivity index (χ0) is 4.71. The Balaban J connectivity index is 0. The van der Waals surface area contributed by atoms with Gasteiger partial charge in [0, 0.05) is 6.61 Å². The van der Waals surface area contributed by atoms with Crippen LogP contribution in [0, 0.1) is 0 Å². The fourth-order valence-corrected chi connectivity index (χ4v) is 0. The molecule has 0 fully saturated rings. The lowest BCUT2D eigenvalue weighted by molar-refractivity contribution is 0.318. The minimum Gasteiger partial charge on any atom is -0.397 e. The van der Waals surface area contributed by atoms with Gasteiger partial charge in [-0.05, 0) is 6.92 Å². The molecule has 3 heteroatoms. The van der Waals surface area contributed by atoms with Crippen LogP contribution in [0.2, 0.25) is 0 Å². The van der Waals surface area contributed by atoms with Gasteiger partial charge in [-0.1, -0.05) is 0 Å². The third-order valence-corrected chi connectivity index (χ3v) is 0. The Hall–Kier alpha value is 1.21. The Morgan fingerprint density at radius 1 is 1.80 bits per heavy atom. The van der Waals surface area contributed by atoms with Crippen molar-refractivity contribution in [3.8, 4) is 0 Å². The number of halogens is 1. The van der Waals surface area contributed by atoms with Crippen molar-refractivity contribution in [3.05, 3.63) is 0 Å². The van der Waals surface area contributed by atoms with Crippen LogP contribution in [0.25, 0.3) is 0 Å². The number of hydrogen-bond acceptors (Lipinski definition) is 1. The van der Waals surface area contributed by atoms with Gasteiger partial charge < -0.3 is 5.11 Å². The summed E-state index contributed by atoms with van der Waals surface area (Å²) in [6.45, 7) is 1.93. The van der Waals surface area contributed by atoms with E-state index in [1.54, 1.807) is 26.5 Å². The summed E-state index contributed by atoms with van der Waals surface area (Å²) in [6.07, 6.45) is 0. The van der Waals surface area contributed by atoms with Crippen LogP contribution >= 0.6 is 12.9 Å². The molecular weight excluding hydrogens is 144 g/mol. The maximum Gasteiger partial charge on any atom is 1.52 e. The van der Waals surface area contributed by atoms with Crippen molar-refractivity contribution in [2.75, 3.05) is 6.61 Å². The highest BCUT2D eigenvalue weighted by molar-refractivity contribution is 9.22. The lowest BCUT2D eigenvalue weighted by atomic mass is 10.9. The Morgan fingerprint density at radius 3 is 1.80 bits per heavy atom. The minimum atomic E-state index is 0.250. The maximum absolute atomic E-state index is 7.57. The van der Waals surface area contributed by atoms with Gasteiger partial charge in [-0.3, -0.25) is 0 Å². The topological polar surface area (TPSA) is 20.2 Å². The normalized spacial score (nSPS) is 4.80. The summed E-state index contributed by atoms with van der Waals surface area (Å²) in [4.78, 5) is 0. The van der Waals surface area contributed by atoms with Gasteiger partial charge in [0.25, 0.3) is 0 Å². The van der Waals surface area contributed by atoms with Crippen molar-refractivity contribution in [1.29, 1.82) is 0 Å². The van der Waals surface area contributed by atoms with Gasteiger partial charge in [0.2, 0.25) is 0 Å². The predicted molar refractivity (Wildman–Crippen MR) is 27.4 cm³/mol. The van der Waals surface area contributed by atoms with Crippen molar-refractivity contribution in [3.63, 3.8) is 0 Å². The molecule has 0 aliphatic heterocycles. The van der Waals surface area contributed by atoms with Crippen LogP contribution in [0.4, 0.5) is 0 Å². The van der Waals surface area contributed by atoms with Crippen LogP contribution in [0.3, 0.4) is 0 Å². The van der Waals surface area contributed by atoms with Gasteiger partial charge in [-0.2, -0.15) is 0 Å². The molecule has 0 rings (SSSR count). The maximum atomic E-state index is 7.57. The average molecular weight is 150 g/mol. The summed E-state index contributed by atoms with van der Waals surface area (Å²) in [7, 11) is 0. The van der Waals surface area contributed by atoms with E-state index in [0.717, 1.165) is 0 Å². The van der Waals surface area contributed by atoms with E-state index in [0.29, 0.717) is 0 Å². The van der Waals surface area contributed by atoms with E-state index in [4.69, 9.17) is 5.11 Å². The molecule has 0 spiro atoms. The minimum absolute atomic E-state index is 0.250. The first-order chi connectivity index (χ1) is 2.41. The Morgan fingerprint density at radius 2 is 1.80 bits per heavy atom. The van der Waals surface area contributed by atoms with Gasteiger partial charge in [0.05, 0.1) is 0 Å². The van der Waals surface area contributed by atoms with Crippen molar-refractivity contribution < 1.29 is 5.11 Å². The van der Waals surface area contributed by atoms with Crippen LogP contribution in [-0.4, -0.2) is 31.3 Å². The quantitative estimate of drug-likeness (QED) is 0.498. The summed E-state index contributed by atoms with van der Waals surface area (Å²) in [6, 6.07) is 0. The van der Waals surface area contributed by atoms with Crippen LogP contribution in [-0.2, 0) is 0 Å². The zero-order valence-corrected chi connectivity index (χ0v) is 6.24. The van der Waals surface area contributed by atoms with E-state index < -0.39 is 0 Å². The number of hydrogen-bond donors (Lipinski definition) is 1. The third-order valence-electron chi connectivity index (χ3n) is 0. The monoisotopic (exact) mass is 149 g/mol. The van der Waals surface area contributed by atoms with E-state index in [9.17, 15) is 0 Å². The molecule has 0 saturated carbocycles. The molecule has 7 radical (unpaired) electrons. The van der Waals surface area contributed by atoms with Gasteiger partial charge >= 0.3 is 32.4 Å². The molecule has 0 unspecified atom stereocenters. The molecule has 0 aromatic heterocycles. The first-order valence-corrected chi connectivity index (χ1v) is 5.19. The smallest absolute Gasteiger partial charge is 0.397 e. The molecule has 0 aliphatic carbocycles. The summed E-state index contributed by atoms with van der Waals surface area (Å²) in [5.74, 6) is 0. The highest BCUT2D eigenvalue weighted by Gasteiger charge is 2.13. The Bertz CT molecular complexity index is 9.61. The lowest BCUT2D eigenvalue weighted by Crippen LogP contribution is -1.57. The van der Waals surface area contributed by atoms with Gasteiger partial charge in [-0.25, -0.2) is 0 Å². The van der Waals surface area contributed by atoms with Gasteiger partial charge in [-0.15, -0.1) is 0 Å². The van der Waals surface area contributed by atoms with Crippen LogP contribution in [0.15, 0.2) is 0 Å². The average Bonchev–Trinajstić information content (AvgIpc) is 1.46. The zero-order valence-electron chi connectivity index (χ0n) is 3.24. The molecule has 0 atom stereocenters. The van der Waals surface area contributed by atoms with E-state index in [1.165, 1.54) is 0 Å². The van der Waals surface area contributed by atoms with Crippen LogP contribution in [0.5, 0.6) is 0 Å². The second kappa shape index (κ2) is 18.9. The molecule has 1 N–H and O–H groups in total. The van der Waals surface area contributed by atoms with E-state index in [1.807, 2.05) is 0 Å². The van der Waals surface area contributed by atoms with Crippen LogP contribution < -0.4 is 0 Å². The number of aliphatic hydroxyl groups is 1. The molecule has 0 amide bonds. The van der Waals surface area contributed by atoms with Crippen LogP contribution in [0.1, 0.15) is 6.92 Å². The summed E-state index contributed by atoms with van der Waals surface area (Å²) < 4.78 is 0. The second-order valence-electron chi connectivity index (χ2n) is 0.316. The molecule has 1 nitrogen and oxygen atoms in total. The third kappa shape index (κ3) is 36.8. The molecular formula is C2H6BrMgO+2. The first-order valence-electron chi connectivity index (χ1n) is 1.29. The van der Waals surface area contributed by atoms with Gasteiger partial charge in [0.15, 0.2) is 0 Å². The summed E-state index contributed by atoms with van der Waals surface area (Å²) >= 11 is 4.64. The Kier molecular flexibility index (Phi) is 36.0. The van der Waals surface area contributed by atoms with E-state index in [-0.39, 0.29) is 6.61 Å². The fraction of sp³-hybridized carbons (Fsp3) is 1.00. The number of rotatable bonds is 0. The SMILES string of the molecule is CCO.[Mg+2][Br]. The predicted octanol–water partition coefficient (Wildman–Crippen LogP) is 0.463. The fourth-order valence-electron chi connectivity index (χ4n) is 0. The van der Waals surface area contributed by atoms with E-state index in [2.05, 4.69) is 12.9 Å². The Labute approximate surface area is 51.1 Å². The standard InChI is InChI=1S/C2H6O.BrH.Mg/c1-2-3;;/h3H,2H2,1H3;1H;/q;;+3/p-1. The van der Waals surface area contributed by atoms with Crippen molar-refractivity contribution in [1.82, 2.24) is 0 Å². The highest BCUT2D eigenvalue weighted by Crippen LogP contribution is 1.41. The molecule has 0 aromatic carbocycles. The first kappa shape index (κ1) is 9.51. The highest BCUT2D eigenvalue weighted by atomic mass is 79.9. The summed E-state index contributed by atoms with van der Waals surface area (Å²) in [5.41, 5.74) is 0. The summed E-state index contributed by atoms with van der Waals surface area (Å²) in [5, 5.41) is 7.57. The van der Waals surface area contributed by atoms with Crippen molar-refractivity contribution >= 4 is 32.4 Å². The molecule has 5 heavy (non-hydrogen) atoms. The molecule has 0 bridgehead atoms. The van der Waals surface area contributed by atoms with Gasteiger partial charge in [0.1, 0.15) is 0 Å². The van der Waals surface area contributed by atoms with Crippen molar-refractivity contribution in [2.24, 2.45) is 0 Å². The largest absolute Gasteiger partial charge is 1.52 e.